The van der Waals surface area contributed by atoms with Crippen molar-refractivity contribution >= 4 is 47.2 Å². The highest BCUT2D eigenvalue weighted by molar-refractivity contribution is 7.99. The van der Waals surface area contributed by atoms with Gasteiger partial charge < -0.3 is 37.9 Å². The molecule has 2 aromatic carbocycles. The van der Waals surface area contributed by atoms with E-state index in [0.29, 0.717) is 33.5 Å². The van der Waals surface area contributed by atoms with Gasteiger partial charge in [-0.15, -0.1) is 11.8 Å². The molecule has 0 amide bonds. The van der Waals surface area contributed by atoms with Crippen LogP contribution in [0.3, 0.4) is 0 Å². The van der Waals surface area contributed by atoms with Gasteiger partial charge in [-0.2, -0.15) is 0 Å². The average Bonchev–Trinajstić information content (AvgIpc) is 3.54. The van der Waals surface area contributed by atoms with Crippen molar-refractivity contribution in [2.75, 3.05) is 20.3 Å². The number of aromatic nitrogens is 2. The Labute approximate surface area is 314 Å². The zero-order valence-corrected chi connectivity index (χ0v) is 31.3. The van der Waals surface area contributed by atoms with Gasteiger partial charge in [0.05, 0.1) is 29.5 Å². The summed E-state index contributed by atoms with van der Waals surface area (Å²) in [7, 11) is 1.46. The number of benzene rings is 2. The number of ether oxygens (including phenoxy) is 8. The van der Waals surface area contributed by atoms with E-state index in [2.05, 4.69) is 4.98 Å². The molecule has 5 rings (SSSR count). The zero-order chi connectivity index (χ0) is 38.4. The van der Waals surface area contributed by atoms with Gasteiger partial charge in [-0.3, -0.25) is 28.5 Å². The first kappa shape index (κ1) is 39.6. The summed E-state index contributed by atoms with van der Waals surface area (Å²) in [4.78, 5) is 66.7. The lowest BCUT2D eigenvalue weighted by Gasteiger charge is -2.44. The molecule has 0 bridgehead atoms. The van der Waals surface area contributed by atoms with Crippen LogP contribution < -0.4 is 15.0 Å². The summed E-state index contributed by atoms with van der Waals surface area (Å²) >= 11 is 7.52. The largest absolute Gasteiger partial charge is 0.493 e. The summed E-state index contributed by atoms with van der Waals surface area (Å²) in [6, 6.07) is 12.5. The lowest BCUT2D eigenvalue weighted by Crippen LogP contribution is -2.63. The van der Waals surface area contributed by atoms with E-state index in [0.717, 1.165) is 32.0 Å². The Morgan fingerprint density at radius 2 is 1.58 bits per heavy atom. The van der Waals surface area contributed by atoms with E-state index in [4.69, 9.17) is 49.5 Å². The van der Waals surface area contributed by atoms with Gasteiger partial charge in [-0.25, -0.2) is 4.98 Å². The Bertz CT molecular complexity index is 1890. The monoisotopic (exact) mass is 774 g/mol. The molecule has 3 heterocycles. The molecule has 53 heavy (non-hydrogen) atoms. The predicted molar refractivity (Wildman–Crippen MR) is 188 cm³/mol. The molecule has 284 valence electrons. The van der Waals surface area contributed by atoms with Gasteiger partial charge in [-0.1, -0.05) is 23.7 Å². The summed E-state index contributed by atoms with van der Waals surface area (Å²) in [5.41, 5.74) is 2.08. The van der Waals surface area contributed by atoms with Crippen LogP contribution in [0.5, 0.6) is 11.5 Å². The van der Waals surface area contributed by atoms with Crippen molar-refractivity contribution in [2.45, 2.75) is 88.0 Å². The van der Waals surface area contributed by atoms with Crippen molar-refractivity contribution in [1.82, 2.24) is 9.55 Å². The van der Waals surface area contributed by atoms with Crippen LogP contribution in [-0.4, -0.2) is 90.6 Å². The number of rotatable bonds is 13. The molecule has 7 atom stereocenters. The van der Waals surface area contributed by atoms with Crippen LogP contribution >= 0.6 is 23.4 Å². The quantitative estimate of drug-likeness (QED) is 0.179. The van der Waals surface area contributed by atoms with E-state index in [1.807, 2.05) is 24.3 Å². The summed E-state index contributed by atoms with van der Waals surface area (Å²) in [5, 5.41) is 0.680. The highest BCUT2D eigenvalue weighted by atomic mass is 35.5. The van der Waals surface area contributed by atoms with E-state index >= 15 is 0 Å². The van der Waals surface area contributed by atoms with E-state index in [-0.39, 0.29) is 17.4 Å². The van der Waals surface area contributed by atoms with Gasteiger partial charge in [-0.05, 0) is 36.8 Å². The van der Waals surface area contributed by atoms with E-state index < -0.39 is 67.3 Å². The van der Waals surface area contributed by atoms with E-state index in [1.165, 1.54) is 36.7 Å². The third kappa shape index (κ3) is 9.87. The lowest BCUT2D eigenvalue weighted by atomic mass is 9.98. The third-order valence-electron chi connectivity index (χ3n) is 8.10. The average molecular weight is 775 g/mol. The maximum atomic E-state index is 13.6. The molecule has 0 saturated carbocycles. The fraction of sp³-hybridized carbons (Fsp3) is 0.444. The molecule has 0 spiro atoms. The summed E-state index contributed by atoms with van der Waals surface area (Å²) < 4.78 is 46.6. The Morgan fingerprint density at radius 1 is 0.925 bits per heavy atom. The van der Waals surface area contributed by atoms with Gasteiger partial charge in [0.15, 0.2) is 36.1 Å². The first-order valence-corrected chi connectivity index (χ1v) is 17.8. The molecule has 3 aromatic rings. The standard InChI is InChI=1S/C36H39ClN2O13S/c1-18(48-36-33(51-22(5)43)32(50-21(4)42)31(49-20(3)41)29(52-36)16-46-19(2)40)15-47-27-12-11-25(13-28(27)45-6)39-17-38-26-14-30(53-34(26)35(39)44)23-7-9-24(37)10-8-23/h7-13,17-18,29-33,36H,14-16H2,1-6H3/t18?,29-,30?,31-,32+,33-,36+/m1/s1. The second kappa shape index (κ2) is 17.5. The molecule has 15 nitrogen and oxygen atoms in total. The first-order chi connectivity index (χ1) is 25.2. The van der Waals surface area contributed by atoms with E-state index in [9.17, 15) is 24.0 Å². The minimum atomic E-state index is -1.38. The molecule has 0 radical (unpaired) electrons. The molecular formula is C36H39ClN2O13S. The minimum Gasteiger partial charge on any atom is -0.493 e. The second-order valence-corrected chi connectivity index (χ2v) is 13.9. The van der Waals surface area contributed by atoms with Gasteiger partial charge in [0.1, 0.15) is 25.6 Å². The molecule has 1 aromatic heterocycles. The molecule has 0 aliphatic carbocycles. The van der Waals surface area contributed by atoms with Crippen molar-refractivity contribution in [2.24, 2.45) is 0 Å². The summed E-state index contributed by atoms with van der Waals surface area (Å²) in [6.07, 6.45) is -5.27. The van der Waals surface area contributed by atoms with Crippen LogP contribution in [0.1, 0.15) is 51.1 Å². The number of methoxy groups -OCH3 is 1. The van der Waals surface area contributed by atoms with Crippen molar-refractivity contribution in [1.29, 1.82) is 0 Å². The van der Waals surface area contributed by atoms with Crippen LogP contribution in [0.15, 0.2) is 58.5 Å². The lowest BCUT2D eigenvalue weighted by molar-refractivity contribution is -0.316. The molecule has 0 N–H and O–H groups in total. The Hall–Kier alpha value is -4.64. The van der Waals surface area contributed by atoms with Crippen molar-refractivity contribution < 1.29 is 57.1 Å². The van der Waals surface area contributed by atoms with Gasteiger partial charge in [0, 0.05) is 50.5 Å². The molecule has 17 heteroatoms. The fourth-order valence-electron chi connectivity index (χ4n) is 5.84. The van der Waals surface area contributed by atoms with Crippen LogP contribution in [0, 0.1) is 0 Å². The number of fused-ring (bicyclic) bond motifs is 1. The number of nitrogens with zero attached hydrogens (tertiary/aromatic N) is 2. The SMILES string of the molecule is COc1cc(-n2cnc3c(c2=O)SC(c2ccc(Cl)cc2)C3)ccc1OCC(C)O[C@H]1O[C@H](COC(C)=O)[C@@H](OC(C)=O)[C@H](OC(C)=O)[C@H]1OC(C)=O. The second-order valence-electron chi connectivity index (χ2n) is 12.2. The number of thioether (sulfide) groups is 1. The molecule has 2 aliphatic rings. The number of carbonyl (C=O) groups is 4. The number of esters is 4. The van der Waals surface area contributed by atoms with Crippen molar-refractivity contribution in [3.05, 3.63) is 75.4 Å². The Kier molecular flexibility index (Phi) is 13.0. The van der Waals surface area contributed by atoms with Crippen LogP contribution in [0.25, 0.3) is 5.69 Å². The molecular weight excluding hydrogens is 736 g/mol. The number of hydrogen-bond donors (Lipinski definition) is 0. The van der Waals surface area contributed by atoms with E-state index in [1.54, 1.807) is 25.1 Å². The first-order valence-electron chi connectivity index (χ1n) is 16.5. The number of halogens is 1. The van der Waals surface area contributed by atoms with Crippen LogP contribution in [0.2, 0.25) is 5.02 Å². The smallest absolute Gasteiger partial charge is 0.303 e. The molecule has 1 saturated heterocycles. The number of carbonyl (C=O) groups excluding carboxylic acids is 4. The van der Waals surface area contributed by atoms with Crippen molar-refractivity contribution in [3.8, 4) is 17.2 Å². The highest BCUT2D eigenvalue weighted by Crippen LogP contribution is 2.44. The molecule has 1 fully saturated rings. The van der Waals surface area contributed by atoms with Gasteiger partial charge in [0.25, 0.3) is 5.56 Å². The maximum Gasteiger partial charge on any atom is 0.303 e. The maximum absolute atomic E-state index is 13.6. The normalized spacial score (nSPS) is 22.5. The summed E-state index contributed by atoms with van der Waals surface area (Å²) in [6.45, 7) is 5.77. The Morgan fingerprint density at radius 3 is 2.23 bits per heavy atom. The Balaban J connectivity index is 1.31. The highest BCUT2D eigenvalue weighted by Gasteiger charge is 2.53. The minimum absolute atomic E-state index is 0.0405. The fourth-order valence-corrected chi connectivity index (χ4v) is 7.26. The number of hydrogen-bond acceptors (Lipinski definition) is 15. The van der Waals surface area contributed by atoms with Crippen LogP contribution in [0.4, 0.5) is 0 Å². The van der Waals surface area contributed by atoms with Crippen molar-refractivity contribution in [3.63, 3.8) is 0 Å². The zero-order valence-electron chi connectivity index (χ0n) is 29.8. The third-order valence-corrected chi connectivity index (χ3v) is 9.72. The molecule has 2 unspecified atom stereocenters. The van der Waals surface area contributed by atoms with Crippen LogP contribution in [-0.2, 0) is 54.0 Å². The molecule has 2 aliphatic heterocycles. The predicted octanol–water partition coefficient (Wildman–Crippen LogP) is 4.15. The van der Waals surface area contributed by atoms with Gasteiger partial charge >= 0.3 is 23.9 Å². The topological polar surface area (TPSA) is 177 Å². The summed E-state index contributed by atoms with van der Waals surface area (Å²) in [5.74, 6) is -2.25. The van der Waals surface area contributed by atoms with Gasteiger partial charge in [0.2, 0.25) is 0 Å².